The standard InChI is InChI=1S/C13H24N2O2S.ClH/c16-18(17,9-12-3-1-2-4-12)15-8-6-13(11-15)5-7-14-10-13;/h12,14H,1-11H2;1H. The van der Waals surface area contributed by atoms with Crippen molar-refractivity contribution in [1.29, 1.82) is 0 Å². The van der Waals surface area contributed by atoms with Crippen molar-refractivity contribution in [2.45, 2.75) is 38.5 Å². The maximum absolute atomic E-state index is 12.4. The first-order valence-corrected chi connectivity index (χ1v) is 8.89. The third-order valence-electron chi connectivity index (χ3n) is 5.05. The monoisotopic (exact) mass is 308 g/mol. The van der Waals surface area contributed by atoms with Gasteiger partial charge in [-0.1, -0.05) is 12.8 Å². The van der Waals surface area contributed by atoms with E-state index in [4.69, 9.17) is 0 Å². The number of hydrogen-bond acceptors (Lipinski definition) is 3. The van der Waals surface area contributed by atoms with Gasteiger partial charge < -0.3 is 5.32 Å². The highest BCUT2D eigenvalue weighted by molar-refractivity contribution is 7.89. The molecule has 0 aromatic carbocycles. The minimum atomic E-state index is -3.00. The summed E-state index contributed by atoms with van der Waals surface area (Å²) in [6.07, 6.45) is 6.84. The van der Waals surface area contributed by atoms with Crippen LogP contribution in [0, 0.1) is 11.3 Å². The van der Waals surface area contributed by atoms with Crippen molar-refractivity contribution in [3.05, 3.63) is 0 Å². The minimum absolute atomic E-state index is 0. The molecule has 0 aromatic heterocycles. The zero-order chi connectivity index (χ0) is 12.6. The molecule has 1 unspecified atom stereocenters. The van der Waals surface area contributed by atoms with Gasteiger partial charge in [0.15, 0.2) is 0 Å². The van der Waals surface area contributed by atoms with Gasteiger partial charge in [0.1, 0.15) is 0 Å². The van der Waals surface area contributed by atoms with E-state index in [0.29, 0.717) is 11.7 Å². The topological polar surface area (TPSA) is 49.4 Å². The summed E-state index contributed by atoms with van der Waals surface area (Å²) in [5.41, 5.74) is 0.253. The largest absolute Gasteiger partial charge is 0.316 e. The summed E-state index contributed by atoms with van der Waals surface area (Å²) in [6.45, 7) is 3.56. The summed E-state index contributed by atoms with van der Waals surface area (Å²) in [5.74, 6) is 0.824. The lowest BCUT2D eigenvalue weighted by Crippen LogP contribution is -2.36. The molecule has 6 heteroatoms. The lowest BCUT2D eigenvalue weighted by Gasteiger charge is -2.23. The van der Waals surface area contributed by atoms with Crippen LogP contribution < -0.4 is 5.32 Å². The van der Waals surface area contributed by atoms with Crippen molar-refractivity contribution >= 4 is 22.4 Å². The predicted octanol–water partition coefficient (Wildman–Crippen LogP) is 1.61. The molecule has 19 heavy (non-hydrogen) atoms. The number of hydrogen-bond donors (Lipinski definition) is 1. The number of nitrogens with one attached hydrogen (secondary N) is 1. The highest BCUT2D eigenvalue weighted by Gasteiger charge is 2.44. The van der Waals surface area contributed by atoms with E-state index in [1.54, 1.807) is 4.31 Å². The van der Waals surface area contributed by atoms with Crippen molar-refractivity contribution in [2.24, 2.45) is 11.3 Å². The molecule has 4 nitrogen and oxygen atoms in total. The second-order valence-corrected chi connectivity index (χ2v) is 8.45. The molecule has 1 saturated carbocycles. The molecule has 1 N–H and O–H groups in total. The first kappa shape index (κ1) is 15.5. The Morgan fingerprint density at radius 3 is 2.58 bits per heavy atom. The van der Waals surface area contributed by atoms with Crippen LogP contribution in [-0.4, -0.2) is 44.7 Å². The Hall–Kier alpha value is 0.160. The van der Waals surface area contributed by atoms with E-state index in [1.165, 1.54) is 12.8 Å². The number of rotatable bonds is 3. The number of nitrogens with zero attached hydrogens (tertiary/aromatic N) is 1. The molecule has 1 atom stereocenters. The molecule has 112 valence electrons. The maximum atomic E-state index is 12.4. The van der Waals surface area contributed by atoms with E-state index in [-0.39, 0.29) is 17.8 Å². The molecule has 0 amide bonds. The summed E-state index contributed by atoms with van der Waals surface area (Å²) < 4.78 is 26.6. The van der Waals surface area contributed by atoms with Crippen LogP contribution >= 0.6 is 12.4 Å². The van der Waals surface area contributed by atoms with Crippen molar-refractivity contribution < 1.29 is 8.42 Å². The minimum Gasteiger partial charge on any atom is -0.316 e. The zero-order valence-corrected chi connectivity index (χ0v) is 13.1. The fourth-order valence-electron chi connectivity index (χ4n) is 3.86. The molecule has 3 fully saturated rings. The Morgan fingerprint density at radius 1 is 1.21 bits per heavy atom. The second-order valence-electron chi connectivity index (χ2n) is 6.44. The Morgan fingerprint density at radius 2 is 1.95 bits per heavy atom. The maximum Gasteiger partial charge on any atom is 0.214 e. The van der Waals surface area contributed by atoms with Crippen molar-refractivity contribution in [1.82, 2.24) is 9.62 Å². The van der Waals surface area contributed by atoms with Gasteiger partial charge in [-0.15, -0.1) is 12.4 Å². The average Bonchev–Trinajstić information content (AvgIpc) is 3.03. The molecule has 0 aromatic rings. The highest BCUT2D eigenvalue weighted by atomic mass is 35.5. The lowest BCUT2D eigenvalue weighted by atomic mass is 9.87. The zero-order valence-electron chi connectivity index (χ0n) is 11.4. The van der Waals surface area contributed by atoms with E-state index in [2.05, 4.69) is 5.32 Å². The number of halogens is 1. The Balaban J connectivity index is 0.00000133. The molecule has 0 bridgehead atoms. The fraction of sp³-hybridized carbons (Fsp3) is 1.00. The Labute approximate surface area is 122 Å². The van der Waals surface area contributed by atoms with Gasteiger partial charge in [0.25, 0.3) is 0 Å². The molecule has 3 rings (SSSR count). The van der Waals surface area contributed by atoms with Gasteiger partial charge in [0.2, 0.25) is 10.0 Å². The molecule has 2 heterocycles. The van der Waals surface area contributed by atoms with Crippen LogP contribution in [0.25, 0.3) is 0 Å². The van der Waals surface area contributed by atoms with Gasteiger partial charge in [-0.2, -0.15) is 0 Å². The molecule has 0 radical (unpaired) electrons. The molecule has 1 aliphatic carbocycles. The van der Waals surface area contributed by atoms with Gasteiger partial charge >= 0.3 is 0 Å². The summed E-state index contributed by atoms with van der Waals surface area (Å²) in [6, 6.07) is 0. The average molecular weight is 309 g/mol. The van der Waals surface area contributed by atoms with Gasteiger partial charge in [-0.25, -0.2) is 12.7 Å². The molecule has 1 spiro atoms. The van der Waals surface area contributed by atoms with E-state index in [1.807, 2.05) is 0 Å². The summed E-state index contributed by atoms with van der Waals surface area (Å²) in [5, 5.41) is 3.38. The van der Waals surface area contributed by atoms with E-state index in [0.717, 1.165) is 51.9 Å². The second kappa shape index (κ2) is 5.88. The SMILES string of the molecule is Cl.O=S(=O)(CC1CCCC1)N1CCC2(CCNC2)C1. The first-order valence-electron chi connectivity index (χ1n) is 7.28. The van der Waals surface area contributed by atoms with Crippen molar-refractivity contribution in [3.8, 4) is 0 Å². The number of sulfonamides is 1. The van der Waals surface area contributed by atoms with Crippen LogP contribution in [0.2, 0.25) is 0 Å². The Kier molecular flexibility index (Phi) is 4.81. The third-order valence-corrected chi connectivity index (χ3v) is 7.04. The fourth-order valence-corrected chi connectivity index (χ4v) is 5.84. The molecule has 2 aliphatic heterocycles. The van der Waals surface area contributed by atoms with Crippen LogP contribution in [0.5, 0.6) is 0 Å². The van der Waals surface area contributed by atoms with Crippen LogP contribution in [0.1, 0.15) is 38.5 Å². The van der Waals surface area contributed by atoms with Crippen LogP contribution in [0.4, 0.5) is 0 Å². The third kappa shape index (κ3) is 3.26. The van der Waals surface area contributed by atoms with Crippen molar-refractivity contribution in [2.75, 3.05) is 31.9 Å². The van der Waals surface area contributed by atoms with Crippen molar-refractivity contribution in [3.63, 3.8) is 0 Å². The first-order chi connectivity index (χ1) is 8.60. The normalized spacial score (nSPS) is 33.1. The molecular weight excluding hydrogens is 284 g/mol. The molecule has 2 saturated heterocycles. The van der Waals surface area contributed by atoms with Gasteiger partial charge in [-0.05, 0) is 43.6 Å². The molecular formula is C13H25ClN2O2S. The van der Waals surface area contributed by atoms with Crippen LogP contribution in [-0.2, 0) is 10.0 Å². The Bertz CT molecular complexity index is 401. The van der Waals surface area contributed by atoms with Crippen LogP contribution in [0.15, 0.2) is 0 Å². The lowest BCUT2D eigenvalue weighted by molar-refractivity contribution is 0.337. The smallest absolute Gasteiger partial charge is 0.214 e. The predicted molar refractivity (Wildman–Crippen MR) is 79.1 cm³/mol. The van der Waals surface area contributed by atoms with Gasteiger partial charge in [0.05, 0.1) is 5.75 Å². The van der Waals surface area contributed by atoms with E-state index >= 15 is 0 Å². The quantitative estimate of drug-likeness (QED) is 0.862. The van der Waals surface area contributed by atoms with Gasteiger partial charge in [0, 0.05) is 19.6 Å². The van der Waals surface area contributed by atoms with Crippen LogP contribution in [0.3, 0.4) is 0 Å². The van der Waals surface area contributed by atoms with Gasteiger partial charge in [-0.3, -0.25) is 0 Å². The van der Waals surface area contributed by atoms with E-state index in [9.17, 15) is 8.42 Å². The highest BCUT2D eigenvalue weighted by Crippen LogP contribution is 2.38. The summed E-state index contributed by atoms with van der Waals surface area (Å²) in [4.78, 5) is 0. The van der Waals surface area contributed by atoms with E-state index < -0.39 is 10.0 Å². The summed E-state index contributed by atoms with van der Waals surface area (Å²) >= 11 is 0. The summed E-state index contributed by atoms with van der Waals surface area (Å²) in [7, 11) is -3.00. The molecule has 3 aliphatic rings.